The van der Waals surface area contributed by atoms with Crippen LogP contribution in [0.2, 0.25) is 5.02 Å². The Morgan fingerprint density at radius 1 is 1.00 bits per heavy atom. The first-order chi connectivity index (χ1) is 16.5. The number of anilines is 1. The summed E-state index contributed by atoms with van der Waals surface area (Å²) in [6.45, 7) is 2.45. The predicted molar refractivity (Wildman–Crippen MR) is 134 cm³/mol. The lowest BCUT2D eigenvalue weighted by Crippen LogP contribution is -2.35. The topological polar surface area (TPSA) is 89.4 Å². The number of nitrogens with one attached hydrogen (secondary N) is 2. The standard InChI is InChI=1S/C26H28ClN3O4/c1-2-3-17-34-26(33)29-22-13-14-23(20-11-7-8-12-21(20)27)30(25(22)32)18-24(31)28-16-15-19-9-5-4-6-10-19/h4-14H,2-3,15-18H2,1H3,(H,28,31)(H,29,33). The number of hydrogen-bond acceptors (Lipinski definition) is 4. The van der Waals surface area contributed by atoms with Gasteiger partial charge in [-0.3, -0.25) is 19.5 Å². The van der Waals surface area contributed by atoms with E-state index in [9.17, 15) is 14.4 Å². The van der Waals surface area contributed by atoms with Gasteiger partial charge in [-0.1, -0.05) is 73.5 Å². The Balaban J connectivity index is 1.81. The van der Waals surface area contributed by atoms with Gasteiger partial charge in [-0.2, -0.15) is 0 Å². The summed E-state index contributed by atoms with van der Waals surface area (Å²) in [6, 6.07) is 20.0. The quantitative estimate of drug-likeness (QED) is 0.404. The number of hydrogen-bond donors (Lipinski definition) is 2. The van der Waals surface area contributed by atoms with E-state index in [4.69, 9.17) is 16.3 Å². The van der Waals surface area contributed by atoms with Gasteiger partial charge in [0.2, 0.25) is 5.91 Å². The van der Waals surface area contributed by atoms with Crippen molar-refractivity contribution in [3.63, 3.8) is 0 Å². The molecule has 8 heteroatoms. The van der Waals surface area contributed by atoms with Crippen LogP contribution in [0.25, 0.3) is 11.3 Å². The zero-order chi connectivity index (χ0) is 24.3. The molecular weight excluding hydrogens is 454 g/mol. The van der Waals surface area contributed by atoms with Gasteiger partial charge in [-0.25, -0.2) is 4.79 Å². The van der Waals surface area contributed by atoms with Crippen LogP contribution in [-0.2, 0) is 22.5 Å². The van der Waals surface area contributed by atoms with E-state index >= 15 is 0 Å². The number of unbranched alkanes of at least 4 members (excludes halogenated alkanes) is 1. The summed E-state index contributed by atoms with van der Waals surface area (Å²) in [6.07, 6.45) is 1.57. The highest BCUT2D eigenvalue weighted by molar-refractivity contribution is 6.33. The van der Waals surface area contributed by atoms with Crippen molar-refractivity contribution in [3.8, 4) is 11.3 Å². The van der Waals surface area contributed by atoms with E-state index in [1.54, 1.807) is 30.3 Å². The first-order valence-corrected chi connectivity index (χ1v) is 11.6. The Kier molecular flexibility index (Phi) is 9.29. The molecule has 3 aromatic rings. The second kappa shape index (κ2) is 12.6. The van der Waals surface area contributed by atoms with Crippen LogP contribution >= 0.6 is 11.6 Å². The maximum Gasteiger partial charge on any atom is 0.411 e. The summed E-state index contributed by atoms with van der Waals surface area (Å²) in [7, 11) is 0. The van der Waals surface area contributed by atoms with E-state index in [2.05, 4.69) is 10.6 Å². The highest BCUT2D eigenvalue weighted by Crippen LogP contribution is 2.27. The van der Waals surface area contributed by atoms with E-state index in [-0.39, 0.29) is 24.7 Å². The number of halogens is 1. The summed E-state index contributed by atoms with van der Waals surface area (Å²) in [5.41, 5.74) is 1.68. The minimum atomic E-state index is -0.713. The fraction of sp³-hybridized carbons (Fsp3) is 0.269. The molecule has 3 rings (SSSR count). The molecule has 0 spiro atoms. The highest BCUT2D eigenvalue weighted by Gasteiger charge is 2.17. The van der Waals surface area contributed by atoms with E-state index in [0.29, 0.717) is 29.2 Å². The fourth-order valence-electron chi connectivity index (χ4n) is 3.38. The monoisotopic (exact) mass is 481 g/mol. The van der Waals surface area contributed by atoms with Gasteiger partial charge in [-0.15, -0.1) is 0 Å². The maximum absolute atomic E-state index is 13.2. The van der Waals surface area contributed by atoms with Crippen molar-refractivity contribution < 1.29 is 14.3 Å². The molecule has 0 atom stereocenters. The molecular formula is C26H28ClN3O4. The number of amides is 2. The lowest BCUT2D eigenvalue weighted by Gasteiger charge is -2.16. The second-order valence-corrected chi connectivity index (χ2v) is 8.11. The zero-order valence-corrected chi connectivity index (χ0v) is 19.8. The van der Waals surface area contributed by atoms with Crippen LogP contribution in [0.5, 0.6) is 0 Å². The van der Waals surface area contributed by atoms with Crippen LogP contribution in [0.15, 0.2) is 71.5 Å². The van der Waals surface area contributed by atoms with Crippen molar-refractivity contribution >= 4 is 29.3 Å². The summed E-state index contributed by atoms with van der Waals surface area (Å²) in [4.78, 5) is 38.0. The Labute approximate surface area is 203 Å². The number of carbonyl (C=O) groups excluding carboxylic acids is 2. The smallest absolute Gasteiger partial charge is 0.411 e. The Hall–Kier alpha value is -3.58. The molecule has 0 saturated heterocycles. The summed E-state index contributed by atoms with van der Waals surface area (Å²) >= 11 is 6.36. The number of carbonyl (C=O) groups is 2. The number of benzene rings is 2. The molecule has 1 heterocycles. The van der Waals surface area contributed by atoms with Gasteiger partial charge in [0.05, 0.1) is 12.3 Å². The van der Waals surface area contributed by atoms with E-state index in [1.807, 2.05) is 37.3 Å². The summed E-state index contributed by atoms with van der Waals surface area (Å²) < 4.78 is 6.40. The predicted octanol–water partition coefficient (Wildman–Crippen LogP) is 4.88. The molecule has 0 radical (unpaired) electrons. The van der Waals surface area contributed by atoms with Gasteiger partial charge in [0.25, 0.3) is 5.56 Å². The maximum atomic E-state index is 13.2. The third-order valence-corrected chi connectivity index (χ3v) is 5.50. The van der Waals surface area contributed by atoms with Crippen LogP contribution in [-0.4, -0.2) is 29.7 Å². The van der Waals surface area contributed by atoms with E-state index in [0.717, 1.165) is 18.4 Å². The number of rotatable bonds is 10. The van der Waals surface area contributed by atoms with Gasteiger partial charge in [-0.05, 0) is 36.6 Å². The molecule has 1 aromatic heterocycles. The third-order valence-electron chi connectivity index (χ3n) is 5.17. The first-order valence-electron chi connectivity index (χ1n) is 11.2. The number of ether oxygens (including phenoxy) is 1. The van der Waals surface area contributed by atoms with Crippen molar-refractivity contribution in [2.45, 2.75) is 32.7 Å². The Morgan fingerprint density at radius 3 is 2.47 bits per heavy atom. The van der Waals surface area contributed by atoms with Crippen LogP contribution in [0.4, 0.5) is 10.5 Å². The number of aromatic nitrogens is 1. The van der Waals surface area contributed by atoms with Gasteiger partial charge in [0.1, 0.15) is 12.2 Å². The lowest BCUT2D eigenvalue weighted by molar-refractivity contribution is -0.121. The van der Waals surface area contributed by atoms with Gasteiger partial charge in [0, 0.05) is 17.1 Å². The van der Waals surface area contributed by atoms with E-state index < -0.39 is 11.7 Å². The molecule has 7 nitrogen and oxygen atoms in total. The molecule has 2 aromatic carbocycles. The minimum absolute atomic E-state index is 0.0226. The van der Waals surface area contributed by atoms with Crippen LogP contribution in [0, 0.1) is 0 Å². The molecule has 0 saturated carbocycles. The van der Waals surface area contributed by atoms with Crippen molar-refractivity contribution in [2.75, 3.05) is 18.5 Å². The SMILES string of the molecule is CCCCOC(=O)Nc1ccc(-c2ccccc2Cl)n(CC(=O)NCCc2ccccc2)c1=O. The van der Waals surface area contributed by atoms with Crippen LogP contribution < -0.4 is 16.2 Å². The van der Waals surface area contributed by atoms with Crippen molar-refractivity contribution in [2.24, 2.45) is 0 Å². The average molecular weight is 482 g/mol. The lowest BCUT2D eigenvalue weighted by atomic mass is 10.1. The third kappa shape index (κ3) is 6.96. The minimum Gasteiger partial charge on any atom is -0.449 e. The molecule has 0 aliphatic heterocycles. The van der Waals surface area contributed by atoms with Crippen LogP contribution in [0.1, 0.15) is 25.3 Å². The first kappa shape index (κ1) is 25.1. The molecule has 0 fully saturated rings. The molecule has 2 N–H and O–H groups in total. The average Bonchev–Trinajstić information content (AvgIpc) is 2.83. The van der Waals surface area contributed by atoms with Crippen molar-refractivity contribution in [1.29, 1.82) is 0 Å². The molecule has 34 heavy (non-hydrogen) atoms. The van der Waals surface area contributed by atoms with Crippen molar-refractivity contribution in [1.82, 2.24) is 9.88 Å². The molecule has 0 unspecified atom stereocenters. The van der Waals surface area contributed by atoms with Gasteiger partial charge in [0.15, 0.2) is 0 Å². The largest absolute Gasteiger partial charge is 0.449 e. The van der Waals surface area contributed by atoms with Crippen LogP contribution in [0.3, 0.4) is 0 Å². The summed E-state index contributed by atoms with van der Waals surface area (Å²) in [5.74, 6) is -0.325. The number of pyridine rings is 1. The van der Waals surface area contributed by atoms with E-state index in [1.165, 1.54) is 10.6 Å². The van der Waals surface area contributed by atoms with Gasteiger partial charge >= 0.3 is 6.09 Å². The highest BCUT2D eigenvalue weighted by atomic mass is 35.5. The molecule has 0 aliphatic carbocycles. The molecule has 2 amide bonds. The number of nitrogens with zero attached hydrogens (tertiary/aromatic N) is 1. The Morgan fingerprint density at radius 2 is 1.74 bits per heavy atom. The molecule has 178 valence electrons. The zero-order valence-electron chi connectivity index (χ0n) is 19.1. The normalized spacial score (nSPS) is 10.5. The second-order valence-electron chi connectivity index (χ2n) is 7.70. The summed E-state index contributed by atoms with van der Waals surface area (Å²) in [5, 5.41) is 5.78. The van der Waals surface area contributed by atoms with Gasteiger partial charge < -0.3 is 10.1 Å². The fourth-order valence-corrected chi connectivity index (χ4v) is 3.61. The molecule has 0 bridgehead atoms. The van der Waals surface area contributed by atoms with Crippen molar-refractivity contribution in [3.05, 3.63) is 87.7 Å². The Bertz CT molecular complexity index is 1180. The molecule has 0 aliphatic rings.